The Hall–Kier alpha value is -0.200. The fourth-order valence-electron chi connectivity index (χ4n) is 2.59. The molecule has 0 saturated carbocycles. The summed E-state index contributed by atoms with van der Waals surface area (Å²) in [5.74, 6) is 0. The molecular weight excluding hydrogens is 296 g/mol. The van der Waals surface area contributed by atoms with E-state index in [4.69, 9.17) is 4.74 Å². The molecule has 2 unspecified atom stereocenters. The van der Waals surface area contributed by atoms with Gasteiger partial charge in [-0.3, -0.25) is 0 Å². The van der Waals surface area contributed by atoms with Gasteiger partial charge in [-0.2, -0.15) is 0 Å². The molecule has 0 amide bonds. The van der Waals surface area contributed by atoms with E-state index in [1.54, 1.807) is 0 Å². The highest BCUT2D eigenvalue weighted by Crippen LogP contribution is 2.19. The van der Waals surface area contributed by atoms with Gasteiger partial charge in [0.05, 0.1) is 26.4 Å². The van der Waals surface area contributed by atoms with Gasteiger partial charge in [0.2, 0.25) is 0 Å². The lowest BCUT2D eigenvalue weighted by molar-refractivity contribution is -0.129. The number of ether oxygens (including phenoxy) is 1. The standard InChI is InChI=1S/C18H38O5/c1-3-5-7-9-11-17(21,13-19)15-23-16-18(22,14-20)12-10-8-6-4-2/h19-22H,3-16H2,1-2H3. The summed E-state index contributed by atoms with van der Waals surface area (Å²) in [5.41, 5.74) is -2.52. The molecule has 0 saturated heterocycles. The van der Waals surface area contributed by atoms with Gasteiger partial charge in [0, 0.05) is 0 Å². The van der Waals surface area contributed by atoms with E-state index in [0.29, 0.717) is 12.8 Å². The molecule has 0 aromatic carbocycles. The number of aliphatic hydroxyl groups excluding tert-OH is 2. The minimum Gasteiger partial charge on any atom is -0.393 e. The predicted octanol–water partition coefficient (Wildman–Crippen LogP) is 2.39. The van der Waals surface area contributed by atoms with Crippen LogP contribution in [0, 0.1) is 0 Å². The first-order chi connectivity index (χ1) is 10.9. The van der Waals surface area contributed by atoms with Crippen LogP contribution in [-0.2, 0) is 4.74 Å². The van der Waals surface area contributed by atoms with Crippen LogP contribution in [0.15, 0.2) is 0 Å². The summed E-state index contributed by atoms with van der Waals surface area (Å²) in [5, 5.41) is 39.4. The van der Waals surface area contributed by atoms with E-state index < -0.39 is 11.2 Å². The SMILES string of the molecule is CCCCCCC(O)(CO)COCC(O)(CO)CCCCCC. The topological polar surface area (TPSA) is 90.2 Å². The minimum absolute atomic E-state index is 0.0209. The van der Waals surface area contributed by atoms with E-state index >= 15 is 0 Å². The molecule has 2 atom stereocenters. The lowest BCUT2D eigenvalue weighted by Gasteiger charge is -2.30. The van der Waals surface area contributed by atoms with Crippen LogP contribution < -0.4 is 0 Å². The summed E-state index contributed by atoms with van der Waals surface area (Å²) in [7, 11) is 0. The van der Waals surface area contributed by atoms with Gasteiger partial charge in [0.1, 0.15) is 11.2 Å². The summed E-state index contributed by atoms with van der Waals surface area (Å²) in [4.78, 5) is 0. The van der Waals surface area contributed by atoms with Crippen molar-refractivity contribution >= 4 is 0 Å². The van der Waals surface area contributed by atoms with E-state index in [-0.39, 0.29) is 26.4 Å². The lowest BCUT2D eigenvalue weighted by Crippen LogP contribution is -2.43. The Morgan fingerprint density at radius 3 is 1.35 bits per heavy atom. The summed E-state index contributed by atoms with van der Waals surface area (Å²) >= 11 is 0. The van der Waals surface area contributed by atoms with Crippen molar-refractivity contribution in [3.8, 4) is 0 Å². The van der Waals surface area contributed by atoms with Crippen LogP contribution >= 0.6 is 0 Å². The molecule has 5 heteroatoms. The molecule has 0 aromatic rings. The van der Waals surface area contributed by atoms with Gasteiger partial charge in [0.25, 0.3) is 0 Å². The number of rotatable bonds is 16. The van der Waals surface area contributed by atoms with Crippen LogP contribution in [0.1, 0.15) is 78.1 Å². The molecule has 0 bridgehead atoms. The number of hydrogen-bond acceptors (Lipinski definition) is 5. The fourth-order valence-corrected chi connectivity index (χ4v) is 2.59. The van der Waals surface area contributed by atoms with Crippen LogP contribution in [0.3, 0.4) is 0 Å². The summed E-state index contributed by atoms with van der Waals surface area (Å²) in [6.07, 6.45) is 9.17. The average Bonchev–Trinajstić information content (AvgIpc) is 2.56. The van der Waals surface area contributed by atoms with Gasteiger partial charge in [-0.15, -0.1) is 0 Å². The molecule has 140 valence electrons. The van der Waals surface area contributed by atoms with E-state index in [9.17, 15) is 20.4 Å². The Labute approximate surface area is 141 Å². The third-order valence-electron chi connectivity index (χ3n) is 4.32. The van der Waals surface area contributed by atoms with E-state index in [0.717, 1.165) is 51.4 Å². The Bertz CT molecular complexity index is 248. The molecule has 0 aliphatic heterocycles. The molecule has 4 N–H and O–H groups in total. The zero-order valence-electron chi connectivity index (χ0n) is 15.1. The van der Waals surface area contributed by atoms with Crippen molar-refractivity contribution < 1.29 is 25.2 Å². The second-order valence-electron chi connectivity index (χ2n) is 6.88. The highest BCUT2D eigenvalue weighted by molar-refractivity contribution is 4.80. The molecule has 0 heterocycles. The van der Waals surface area contributed by atoms with Crippen LogP contribution in [0.25, 0.3) is 0 Å². The molecule has 0 spiro atoms. The highest BCUT2D eigenvalue weighted by atomic mass is 16.5. The summed E-state index contributed by atoms with van der Waals surface area (Å²) in [6, 6.07) is 0. The van der Waals surface area contributed by atoms with Gasteiger partial charge >= 0.3 is 0 Å². The van der Waals surface area contributed by atoms with E-state index in [1.807, 2.05) is 0 Å². The lowest BCUT2D eigenvalue weighted by atomic mass is 9.96. The van der Waals surface area contributed by atoms with E-state index in [1.165, 1.54) is 0 Å². The van der Waals surface area contributed by atoms with Crippen molar-refractivity contribution in [2.24, 2.45) is 0 Å². The molecule has 0 aromatic heterocycles. The van der Waals surface area contributed by atoms with Crippen LogP contribution in [0.4, 0.5) is 0 Å². The molecule has 0 fully saturated rings. The Morgan fingerprint density at radius 1 is 0.652 bits per heavy atom. The summed E-state index contributed by atoms with van der Waals surface area (Å²) in [6.45, 7) is 3.50. The molecule has 0 rings (SSSR count). The third-order valence-corrected chi connectivity index (χ3v) is 4.32. The first-order valence-corrected chi connectivity index (χ1v) is 9.19. The van der Waals surface area contributed by atoms with Crippen LogP contribution in [-0.4, -0.2) is 58.1 Å². The predicted molar refractivity (Wildman–Crippen MR) is 92.4 cm³/mol. The zero-order chi connectivity index (χ0) is 17.6. The van der Waals surface area contributed by atoms with Gasteiger partial charge in [-0.1, -0.05) is 65.2 Å². The van der Waals surface area contributed by atoms with Crippen molar-refractivity contribution in [2.75, 3.05) is 26.4 Å². The quantitative estimate of drug-likeness (QED) is 0.325. The third kappa shape index (κ3) is 11.1. The second kappa shape index (κ2) is 13.1. The van der Waals surface area contributed by atoms with Gasteiger partial charge < -0.3 is 25.2 Å². The Balaban J connectivity index is 4.12. The van der Waals surface area contributed by atoms with Crippen molar-refractivity contribution in [2.45, 2.75) is 89.3 Å². The molecule has 5 nitrogen and oxygen atoms in total. The number of aliphatic hydroxyl groups is 4. The fraction of sp³-hybridized carbons (Fsp3) is 1.00. The molecule has 0 aliphatic carbocycles. The Kier molecular flexibility index (Phi) is 13.0. The number of hydrogen-bond donors (Lipinski definition) is 4. The largest absolute Gasteiger partial charge is 0.393 e. The normalized spacial score (nSPS) is 17.0. The maximum absolute atomic E-state index is 10.3. The first-order valence-electron chi connectivity index (χ1n) is 9.19. The molecular formula is C18H38O5. The monoisotopic (exact) mass is 334 g/mol. The van der Waals surface area contributed by atoms with Crippen molar-refractivity contribution in [3.05, 3.63) is 0 Å². The van der Waals surface area contributed by atoms with Crippen molar-refractivity contribution in [1.82, 2.24) is 0 Å². The van der Waals surface area contributed by atoms with Gasteiger partial charge in [0.15, 0.2) is 0 Å². The van der Waals surface area contributed by atoms with Crippen molar-refractivity contribution in [1.29, 1.82) is 0 Å². The molecule has 0 radical (unpaired) electrons. The minimum atomic E-state index is -1.26. The maximum atomic E-state index is 10.3. The molecule has 0 aliphatic rings. The molecule has 23 heavy (non-hydrogen) atoms. The number of unbranched alkanes of at least 4 members (excludes halogenated alkanes) is 6. The van der Waals surface area contributed by atoms with Gasteiger partial charge in [-0.05, 0) is 12.8 Å². The smallest absolute Gasteiger partial charge is 0.111 e. The second-order valence-corrected chi connectivity index (χ2v) is 6.88. The average molecular weight is 334 g/mol. The summed E-state index contributed by atoms with van der Waals surface area (Å²) < 4.78 is 5.44. The van der Waals surface area contributed by atoms with Crippen LogP contribution in [0.5, 0.6) is 0 Å². The van der Waals surface area contributed by atoms with Gasteiger partial charge in [-0.25, -0.2) is 0 Å². The Morgan fingerprint density at radius 2 is 1.04 bits per heavy atom. The highest BCUT2D eigenvalue weighted by Gasteiger charge is 2.30. The maximum Gasteiger partial charge on any atom is 0.111 e. The van der Waals surface area contributed by atoms with Crippen LogP contribution in [0.2, 0.25) is 0 Å². The zero-order valence-corrected chi connectivity index (χ0v) is 15.1. The first kappa shape index (κ1) is 22.8. The van der Waals surface area contributed by atoms with Crippen molar-refractivity contribution in [3.63, 3.8) is 0 Å². The van der Waals surface area contributed by atoms with E-state index in [2.05, 4.69) is 13.8 Å².